The molecule has 1 atom stereocenters. The minimum absolute atomic E-state index is 0.542. The smallest absolute Gasteiger partial charge is 0.137 e. The molecule has 0 radical (unpaired) electrons. The molecule has 1 N–H and O–H groups in total. The number of halogens is 1. The minimum atomic E-state index is -0.680. The summed E-state index contributed by atoms with van der Waals surface area (Å²) in [6.45, 7) is 6.13. The summed E-state index contributed by atoms with van der Waals surface area (Å²) >= 11 is 6.02. The maximum absolute atomic E-state index is 10.6. The molecule has 0 aliphatic rings. The number of hydrogen-bond donors (Lipinski definition) is 1. The van der Waals surface area contributed by atoms with Crippen molar-refractivity contribution in [3.05, 3.63) is 63.2 Å². The number of benzene rings is 2. The zero-order valence-corrected chi connectivity index (χ0v) is 13.0. The van der Waals surface area contributed by atoms with E-state index in [1.54, 1.807) is 19.2 Å². The molecule has 0 heterocycles. The van der Waals surface area contributed by atoms with E-state index in [0.717, 1.165) is 16.7 Å². The zero-order valence-electron chi connectivity index (χ0n) is 12.2. The van der Waals surface area contributed by atoms with Crippen LogP contribution in [0.4, 0.5) is 0 Å². The summed E-state index contributed by atoms with van der Waals surface area (Å²) in [6.07, 6.45) is -0.680. The molecule has 2 aromatic carbocycles. The molecule has 0 saturated heterocycles. The second-order valence-electron chi connectivity index (χ2n) is 5.09. The van der Waals surface area contributed by atoms with Gasteiger partial charge in [0.15, 0.2) is 0 Å². The summed E-state index contributed by atoms with van der Waals surface area (Å²) < 4.78 is 5.20. The Labute approximate surface area is 125 Å². The molecule has 0 bridgehead atoms. The van der Waals surface area contributed by atoms with Gasteiger partial charge in [-0.25, -0.2) is 0 Å². The Morgan fingerprint density at radius 3 is 2.30 bits per heavy atom. The highest BCUT2D eigenvalue weighted by atomic mass is 35.5. The summed E-state index contributed by atoms with van der Waals surface area (Å²) in [5.41, 5.74) is 5.17. The summed E-state index contributed by atoms with van der Waals surface area (Å²) in [5, 5.41) is 11.1. The van der Waals surface area contributed by atoms with Crippen LogP contribution in [0.1, 0.15) is 33.9 Å². The fourth-order valence-corrected chi connectivity index (χ4v) is 2.50. The zero-order chi connectivity index (χ0) is 14.9. The van der Waals surface area contributed by atoms with Gasteiger partial charge in [-0.3, -0.25) is 0 Å². The first-order valence-electron chi connectivity index (χ1n) is 6.53. The quantitative estimate of drug-likeness (QED) is 0.910. The van der Waals surface area contributed by atoms with Crippen LogP contribution in [0.25, 0.3) is 0 Å². The van der Waals surface area contributed by atoms with Crippen molar-refractivity contribution in [3.8, 4) is 5.75 Å². The van der Waals surface area contributed by atoms with Crippen molar-refractivity contribution in [3.63, 3.8) is 0 Å². The van der Waals surface area contributed by atoms with E-state index in [9.17, 15) is 5.11 Å². The van der Waals surface area contributed by atoms with E-state index in [4.69, 9.17) is 16.3 Å². The van der Waals surface area contributed by atoms with Crippen LogP contribution >= 0.6 is 11.6 Å². The molecular formula is C17H19ClO2. The normalized spacial score (nSPS) is 12.3. The molecule has 3 heteroatoms. The molecule has 0 amide bonds. The molecule has 20 heavy (non-hydrogen) atoms. The fourth-order valence-electron chi connectivity index (χ4n) is 2.30. The monoisotopic (exact) mass is 290 g/mol. The average Bonchev–Trinajstić information content (AvgIpc) is 2.42. The van der Waals surface area contributed by atoms with Crippen LogP contribution in [0.5, 0.6) is 5.75 Å². The highest BCUT2D eigenvalue weighted by Crippen LogP contribution is 2.32. The van der Waals surface area contributed by atoms with E-state index in [1.165, 1.54) is 11.1 Å². The van der Waals surface area contributed by atoms with E-state index in [-0.39, 0.29) is 0 Å². The van der Waals surface area contributed by atoms with E-state index in [2.05, 4.69) is 13.0 Å². The van der Waals surface area contributed by atoms with E-state index in [1.807, 2.05) is 26.0 Å². The molecule has 0 saturated carbocycles. The number of methoxy groups -OCH3 is 1. The van der Waals surface area contributed by atoms with Crippen molar-refractivity contribution in [2.24, 2.45) is 0 Å². The largest absolute Gasteiger partial charge is 0.495 e. The Hall–Kier alpha value is -1.51. The Morgan fingerprint density at radius 2 is 1.65 bits per heavy atom. The van der Waals surface area contributed by atoms with Gasteiger partial charge in [0.2, 0.25) is 0 Å². The number of ether oxygens (including phenoxy) is 1. The Bertz CT molecular complexity index is 635. The number of aliphatic hydroxyl groups excluding tert-OH is 1. The number of aryl methyl sites for hydroxylation is 3. The highest BCUT2D eigenvalue weighted by Gasteiger charge is 2.15. The average molecular weight is 291 g/mol. The van der Waals surface area contributed by atoms with E-state index in [0.29, 0.717) is 10.8 Å². The van der Waals surface area contributed by atoms with Crippen molar-refractivity contribution in [1.82, 2.24) is 0 Å². The lowest BCUT2D eigenvalue weighted by molar-refractivity contribution is 0.219. The van der Waals surface area contributed by atoms with Crippen LogP contribution in [0.3, 0.4) is 0 Å². The Balaban J connectivity index is 2.46. The molecular weight excluding hydrogens is 272 g/mol. The third kappa shape index (κ3) is 2.82. The van der Waals surface area contributed by atoms with Gasteiger partial charge in [-0.2, -0.15) is 0 Å². The van der Waals surface area contributed by atoms with Gasteiger partial charge in [0.05, 0.1) is 12.1 Å². The van der Waals surface area contributed by atoms with Crippen molar-refractivity contribution in [1.29, 1.82) is 0 Å². The number of rotatable bonds is 3. The maximum Gasteiger partial charge on any atom is 0.137 e. The van der Waals surface area contributed by atoms with Gasteiger partial charge in [-0.15, -0.1) is 0 Å². The van der Waals surface area contributed by atoms with E-state index >= 15 is 0 Å². The summed E-state index contributed by atoms with van der Waals surface area (Å²) in [7, 11) is 1.57. The second-order valence-corrected chi connectivity index (χ2v) is 5.50. The van der Waals surface area contributed by atoms with Gasteiger partial charge in [-0.1, -0.05) is 29.8 Å². The van der Waals surface area contributed by atoms with Crippen LogP contribution in [0.2, 0.25) is 5.02 Å². The van der Waals surface area contributed by atoms with Crippen LogP contribution < -0.4 is 4.74 Å². The van der Waals surface area contributed by atoms with Crippen molar-refractivity contribution in [2.75, 3.05) is 7.11 Å². The first-order chi connectivity index (χ1) is 9.43. The van der Waals surface area contributed by atoms with Gasteiger partial charge < -0.3 is 9.84 Å². The molecule has 0 aromatic heterocycles. The van der Waals surface area contributed by atoms with Crippen LogP contribution in [-0.4, -0.2) is 12.2 Å². The molecule has 1 unspecified atom stereocenters. The molecule has 0 aliphatic heterocycles. The van der Waals surface area contributed by atoms with Gasteiger partial charge in [0.1, 0.15) is 11.9 Å². The van der Waals surface area contributed by atoms with Crippen molar-refractivity contribution in [2.45, 2.75) is 26.9 Å². The lowest BCUT2D eigenvalue weighted by atomic mass is 9.93. The first kappa shape index (κ1) is 14.9. The van der Waals surface area contributed by atoms with Gasteiger partial charge in [0, 0.05) is 0 Å². The van der Waals surface area contributed by atoms with Gasteiger partial charge >= 0.3 is 0 Å². The minimum Gasteiger partial charge on any atom is -0.495 e. The summed E-state index contributed by atoms with van der Waals surface area (Å²) in [5.74, 6) is 0.574. The predicted octanol–water partition coefficient (Wildman–Crippen LogP) is 4.36. The maximum atomic E-state index is 10.6. The van der Waals surface area contributed by atoms with Crippen molar-refractivity contribution >= 4 is 11.6 Å². The van der Waals surface area contributed by atoms with Crippen LogP contribution in [-0.2, 0) is 0 Å². The van der Waals surface area contributed by atoms with Crippen LogP contribution in [0.15, 0.2) is 30.3 Å². The summed E-state index contributed by atoms with van der Waals surface area (Å²) in [6, 6.07) is 9.48. The second kappa shape index (κ2) is 5.86. The standard InChI is InChI=1S/C17H19ClO2/c1-10-7-12(3)14(8-11(10)2)17(19)13-5-6-15(18)16(9-13)20-4/h5-9,17,19H,1-4H3. The molecule has 2 rings (SSSR count). The molecule has 106 valence electrons. The lowest BCUT2D eigenvalue weighted by Gasteiger charge is -2.17. The molecule has 2 nitrogen and oxygen atoms in total. The number of hydrogen-bond acceptors (Lipinski definition) is 2. The van der Waals surface area contributed by atoms with Crippen LogP contribution in [0, 0.1) is 20.8 Å². The fraction of sp³-hybridized carbons (Fsp3) is 0.294. The predicted molar refractivity (Wildman–Crippen MR) is 82.7 cm³/mol. The van der Waals surface area contributed by atoms with Crippen molar-refractivity contribution < 1.29 is 9.84 Å². The van der Waals surface area contributed by atoms with Gasteiger partial charge in [-0.05, 0) is 60.7 Å². The Morgan fingerprint density at radius 1 is 1.00 bits per heavy atom. The molecule has 2 aromatic rings. The lowest BCUT2D eigenvalue weighted by Crippen LogP contribution is -2.04. The van der Waals surface area contributed by atoms with E-state index < -0.39 is 6.10 Å². The highest BCUT2D eigenvalue weighted by molar-refractivity contribution is 6.32. The Kier molecular flexibility index (Phi) is 4.36. The van der Waals surface area contributed by atoms with Gasteiger partial charge in [0.25, 0.3) is 0 Å². The summed E-state index contributed by atoms with van der Waals surface area (Å²) in [4.78, 5) is 0. The molecule has 0 fully saturated rings. The third-order valence-electron chi connectivity index (χ3n) is 3.67. The first-order valence-corrected chi connectivity index (χ1v) is 6.91. The number of aliphatic hydroxyl groups is 1. The molecule has 0 spiro atoms. The topological polar surface area (TPSA) is 29.5 Å². The SMILES string of the molecule is COc1cc(C(O)c2cc(C)c(C)cc2C)ccc1Cl. The third-order valence-corrected chi connectivity index (χ3v) is 3.98. The molecule has 0 aliphatic carbocycles.